The minimum Gasteiger partial charge on any atom is -0.468 e. The summed E-state index contributed by atoms with van der Waals surface area (Å²) in [6.45, 7) is 5.29. The highest BCUT2D eigenvalue weighted by molar-refractivity contribution is 5.81. The largest absolute Gasteiger partial charge is 0.468 e. The van der Waals surface area contributed by atoms with Crippen molar-refractivity contribution in [2.24, 2.45) is 0 Å². The third kappa shape index (κ3) is 3.29. The second-order valence-electron chi connectivity index (χ2n) is 5.95. The molecule has 2 unspecified atom stereocenters. The predicted molar refractivity (Wildman–Crippen MR) is 76.1 cm³/mol. The fourth-order valence-corrected chi connectivity index (χ4v) is 3.79. The average Bonchev–Trinajstić information content (AvgIpc) is 2.48. The first-order valence-electron chi connectivity index (χ1n) is 7.79. The normalized spacial score (nSPS) is 33.1. The minimum atomic E-state index is -0.441. The lowest BCUT2D eigenvalue weighted by molar-refractivity contribution is -0.151. The van der Waals surface area contributed by atoms with E-state index in [0.29, 0.717) is 6.04 Å². The number of likely N-dealkylation sites (tertiary alicyclic amines) is 1. The molecule has 19 heavy (non-hydrogen) atoms. The van der Waals surface area contributed by atoms with Crippen LogP contribution in [0, 0.1) is 0 Å². The number of methoxy groups -OCH3 is 1. The van der Waals surface area contributed by atoms with Gasteiger partial charge in [-0.15, -0.1) is 0 Å². The van der Waals surface area contributed by atoms with Gasteiger partial charge >= 0.3 is 5.97 Å². The highest BCUT2D eigenvalue weighted by Crippen LogP contribution is 2.33. The first-order valence-corrected chi connectivity index (χ1v) is 7.79. The molecule has 1 aliphatic heterocycles. The van der Waals surface area contributed by atoms with Gasteiger partial charge in [0.25, 0.3) is 0 Å². The first-order chi connectivity index (χ1) is 9.22. The lowest BCUT2D eigenvalue weighted by Crippen LogP contribution is -2.59. The van der Waals surface area contributed by atoms with Crippen LogP contribution in [0.2, 0.25) is 0 Å². The van der Waals surface area contributed by atoms with Crippen LogP contribution in [0.1, 0.15) is 51.9 Å². The standard InChI is InChI=1S/C15H28N2O2/c1-3-16-15(14(18)19-2)9-7-8-13(12-15)17-10-5-4-6-11-17/h13,16H,3-12H2,1-2H3. The molecule has 2 rings (SSSR count). The lowest BCUT2D eigenvalue weighted by atomic mass is 9.78. The van der Waals surface area contributed by atoms with Crippen molar-refractivity contribution >= 4 is 5.97 Å². The predicted octanol–water partition coefficient (Wildman–Crippen LogP) is 1.94. The zero-order valence-electron chi connectivity index (χ0n) is 12.4. The Bertz CT molecular complexity index is 299. The lowest BCUT2D eigenvalue weighted by Gasteiger charge is -2.44. The molecule has 0 amide bonds. The maximum Gasteiger partial charge on any atom is 0.326 e. The summed E-state index contributed by atoms with van der Waals surface area (Å²) >= 11 is 0. The summed E-state index contributed by atoms with van der Waals surface area (Å²) in [5.41, 5.74) is -0.441. The molecular formula is C15H28N2O2. The second-order valence-corrected chi connectivity index (χ2v) is 5.95. The number of hydrogen-bond donors (Lipinski definition) is 1. The Balaban J connectivity index is 2.05. The molecular weight excluding hydrogens is 240 g/mol. The van der Waals surface area contributed by atoms with Gasteiger partial charge in [-0.2, -0.15) is 0 Å². The van der Waals surface area contributed by atoms with Crippen LogP contribution >= 0.6 is 0 Å². The molecule has 1 N–H and O–H groups in total. The quantitative estimate of drug-likeness (QED) is 0.791. The zero-order valence-corrected chi connectivity index (χ0v) is 12.4. The van der Waals surface area contributed by atoms with E-state index in [-0.39, 0.29) is 5.97 Å². The smallest absolute Gasteiger partial charge is 0.326 e. The number of likely N-dealkylation sites (N-methyl/N-ethyl adjacent to an activating group) is 1. The Morgan fingerprint density at radius 1 is 1.32 bits per heavy atom. The van der Waals surface area contributed by atoms with E-state index in [9.17, 15) is 4.79 Å². The minimum absolute atomic E-state index is 0.0731. The van der Waals surface area contributed by atoms with Gasteiger partial charge in [-0.25, -0.2) is 0 Å². The maximum atomic E-state index is 12.2. The van der Waals surface area contributed by atoms with Crippen LogP contribution in [0.5, 0.6) is 0 Å². The zero-order chi connectivity index (χ0) is 13.7. The number of carbonyl (C=O) groups excluding carboxylic acids is 1. The van der Waals surface area contributed by atoms with Gasteiger partial charge in [0.2, 0.25) is 0 Å². The molecule has 2 atom stereocenters. The average molecular weight is 268 g/mol. The fourth-order valence-electron chi connectivity index (χ4n) is 3.79. The first kappa shape index (κ1) is 14.8. The second kappa shape index (κ2) is 6.71. The summed E-state index contributed by atoms with van der Waals surface area (Å²) in [5, 5.41) is 3.42. The van der Waals surface area contributed by atoms with Gasteiger partial charge in [0.1, 0.15) is 5.54 Å². The van der Waals surface area contributed by atoms with Gasteiger partial charge in [-0.1, -0.05) is 13.3 Å². The third-order valence-corrected chi connectivity index (χ3v) is 4.72. The van der Waals surface area contributed by atoms with Gasteiger partial charge < -0.3 is 15.0 Å². The molecule has 0 aromatic carbocycles. The Morgan fingerprint density at radius 2 is 2.05 bits per heavy atom. The van der Waals surface area contributed by atoms with E-state index in [1.807, 2.05) is 0 Å². The summed E-state index contributed by atoms with van der Waals surface area (Å²) in [6.07, 6.45) is 8.14. The molecule has 1 aliphatic carbocycles. The molecule has 0 aromatic rings. The number of ether oxygens (including phenoxy) is 1. The highest BCUT2D eigenvalue weighted by Gasteiger charge is 2.44. The molecule has 1 heterocycles. The van der Waals surface area contributed by atoms with Crippen molar-refractivity contribution in [1.29, 1.82) is 0 Å². The van der Waals surface area contributed by atoms with Gasteiger partial charge in [-0.05, 0) is 58.2 Å². The summed E-state index contributed by atoms with van der Waals surface area (Å²) < 4.78 is 5.06. The molecule has 2 aliphatic rings. The summed E-state index contributed by atoms with van der Waals surface area (Å²) in [6, 6.07) is 0.548. The van der Waals surface area contributed by atoms with Crippen LogP contribution < -0.4 is 5.32 Å². The number of nitrogens with one attached hydrogen (secondary N) is 1. The van der Waals surface area contributed by atoms with E-state index in [0.717, 1.165) is 25.8 Å². The molecule has 2 fully saturated rings. The Morgan fingerprint density at radius 3 is 2.68 bits per heavy atom. The molecule has 4 nitrogen and oxygen atoms in total. The van der Waals surface area contributed by atoms with Gasteiger partial charge in [0.15, 0.2) is 0 Å². The third-order valence-electron chi connectivity index (χ3n) is 4.72. The number of carbonyl (C=O) groups is 1. The van der Waals surface area contributed by atoms with Crippen molar-refractivity contribution in [2.75, 3.05) is 26.7 Å². The molecule has 1 saturated heterocycles. The van der Waals surface area contributed by atoms with Crippen LogP contribution in [-0.2, 0) is 9.53 Å². The van der Waals surface area contributed by atoms with E-state index in [4.69, 9.17) is 4.74 Å². The van der Waals surface area contributed by atoms with E-state index in [1.54, 1.807) is 0 Å². The molecule has 110 valence electrons. The molecule has 0 radical (unpaired) electrons. The number of hydrogen-bond acceptors (Lipinski definition) is 4. The van der Waals surface area contributed by atoms with Crippen LogP contribution in [0.25, 0.3) is 0 Å². The summed E-state index contributed by atoms with van der Waals surface area (Å²) in [5.74, 6) is -0.0731. The van der Waals surface area contributed by atoms with E-state index in [1.165, 1.54) is 45.9 Å². The molecule has 0 spiro atoms. The summed E-state index contributed by atoms with van der Waals surface area (Å²) in [7, 11) is 1.51. The van der Waals surface area contributed by atoms with Crippen LogP contribution in [0.3, 0.4) is 0 Å². The Kier molecular flexibility index (Phi) is 5.22. The van der Waals surface area contributed by atoms with E-state index >= 15 is 0 Å². The number of esters is 1. The number of rotatable bonds is 4. The van der Waals surface area contributed by atoms with Crippen LogP contribution in [0.4, 0.5) is 0 Å². The maximum absolute atomic E-state index is 12.2. The molecule has 1 saturated carbocycles. The fraction of sp³-hybridized carbons (Fsp3) is 0.933. The number of nitrogens with zero attached hydrogens (tertiary/aromatic N) is 1. The molecule has 4 heteroatoms. The van der Waals surface area contributed by atoms with Gasteiger partial charge in [0, 0.05) is 6.04 Å². The number of piperidine rings is 1. The van der Waals surface area contributed by atoms with Crippen molar-refractivity contribution < 1.29 is 9.53 Å². The SMILES string of the molecule is CCNC1(C(=O)OC)CCCC(N2CCCCC2)C1. The molecule has 0 bridgehead atoms. The Labute approximate surface area is 116 Å². The Hall–Kier alpha value is -0.610. The van der Waals surface area contributed by atoms with Crippen molar-refractivity contribution in [3.05, 3.63) is 0 Å². The summed E-state index contributed by atoms with van der Waals surface area (Å²) in [4.78, 5) is 14.8. The van der Waals surface area contributed by atoms with Gasteiger partial charge in [0.05, 0.1) is 7.11 Å². The van der Waals surface area contributed by atoms with Crippen LogP contribution in [0.15, 0.2) is 0 Å². The van der Waals surface area contributed by atoms with Crippen molar-refractivity contribution in [2.45, 2.75) is 63.5 Å². The highest BCUT2D eigenvalue weighted by atomic mass is 16.5. The van der Waals surface area contributed by atoms with Crippen LogP contribution in [-0.4, -0.2) is 49.2 Å². The topological polar surface area (TPSA) is 41.6 Å². The van der Waals surface area contributed by atoms with E-state index < -0.39 is 5.54 Å². The van der Waals surface area contributed by atoms with Crippen molar-refractivity contribution in [3.8, 4) is 0 Å². The molecule has 0 aromatic heterocycles. The van der Waals surface area contributed by atoms with Crippen molar-refractivity contribution in [3.63, 3.8) is 0 Å². The van der Waals surface area contributed by atoms with Gasteiger partial charge in [-0.3, -0.25) is 4.79 Å². The van der Waals surface area contributed by atoms with Crippen molar-refractivity contribution in [1.82, 2.24) is 10.2 Å². The van der Waals surface area contributed by atoms with E-state index in [2.05, 4.69) is 17.1 Å². The monoisotopic (exact) mass is 268 g/mol.